The van der Waals surface area contributed by atoms with E-state index < -0.39 is 0 Å². The predicted octanol–water partition coefficient (Wildman–Crippen LogP) is 1.79. The molecule has 4 aliphatic carbocycles. The van der Waals surface area contributed by atoms with E-state index in [4.69, 9.17) is 4.74 Å². The van der Waals surface area contributed by atoms with E-state index >= 15 is 0 Å². The van der Waals surface area contributed by atoms with Gasteiger partial charge in [0.2, 0.25) is 5.91 Å². The second kappa shape index (κ2) is 5.24. The Balaban J connectivity index is 1.42. The van der Waals surface area contributed by atoms with Crippen LogP contribution in [0, 0.1) is 17.8 Å². The third-order valence-corrected chi connectivity index (χ3v) is 6.40. The van der Waals surface area contributed by atoms with Crippen LogP contribution >= 0.6 is 0 Å². The molecule has 5 rings (SSSR count). The van der Waals surface area contributed by atoms with Gasteiger partial charge in [-0.05, 0) is 63.2 Å². The fourth-order valence-corrected chi connectivity index (χ4v) is 5.76. The molecule has 1 aliphatic heterocycles. The molecule has 5 fully saturated rings. The van der Waals surface area contributed by atoms with Gasteiger partial charge in [-0.25, -0.2) is 0 Å². The van der Waals surface area contributed by atoms with Gasteiger partial charge in [0.1, 0.15) is 0 Å². The number of carbonyl (C=O) groups excluding carboxylic acids is 1. The zero-order valence-corrected chi connectivity index (χ0v) is 13.1. The highest BCUT2D eigenvalue weighted by Gasteiger charge is 2.51. The zero-order chi connectivity index (χ0) is 14.4. The summed E-state index contributed by atoms with van der Waals surface area (Å²) in [6.45, 7) is 5.34. The summed E-state index contributed by atoms with van der Waals surface area (Å²) in [5.41, 5.74) is 0.145. The van der Waals surface area contributed by atoms with Crippen molar-refractivity contribution in [3.05, 3.63) is 0 Å². The van der Waals surface area contributed by atoms with E-state index in [1.807, 2.05) is 0 Å². The fourth-order valence-electron chi connectivity index (χ4n) is 5.76. The molecule has 1 saturated heterocycles. The Morgan fingerprint density at radius 2 is 1.62 bits per heavy atom. The molecule has 1 atom stereocenters. The Morgan fingerprint density at radius 3 is 2.14 bits per heavy atom. The van der Waals surface area contributed by atoms with E-state index in [1.165, 1.54) is 38.5 Å². The molecule has 0 spiro atoms. The van der Waals surface area contributed by atoms with Crippen LogP contribution in [0.25, 0.3) is 0 Å². The standard InChI is InChI=1S/C17H28N2O2/c1-12(19-2-4-21-5-3-19)16(20)18-17-9-13-6-14(10-17)8-15(7-13)11-17/h12-15H,2-11H2,1H3,(H,18,20). The van der Waals surface area contributed by atoms with Crippen molar-refractivity contribution in [3.63, 3.8) is 0 Å². The fraction of sp³-hybridized carbons (Fsp3) is 0.941. The molecular formula is C17H28N2O2. The molecule has 0 aromatic heterocycles. The smallest absolute Gasteiger partial charge is 0.237 e. The maximum absolute atomic E-state index is 12.7. The van der Waals surface area contributed by atoms with Crippen molar-refractivity contribution >= 4 is 5.91 Å². The quantitative estimate of drug-likeness (QED) is 0.862. The topological polar surface area (TPSA) is 41.6 Å². The van der Waals surface area contributed by atoms with E-state index in [9.17, 15) is 4.79 Å². The van der Waals surface area contributed by atoms with Crippen LogP contribution in [0.2, 0.25) is 0 Å². The van der Waals surface area contributed by atoms with Crippen molar-refractivity contribution < 1.29 is 9.53 Å². The summed E-state index contributed by atoms with van der Waals surface area (Å²) >= 11 is 0. The van der Waals surface area contributed by atoms with Gasteiger partial charge in [0, 0.05) is 18.6 Å². The first-order valence-corrected chi connectivity index (χ1v) is 8.77. The van der Waals surface area contributed by atoms with Gasteiger partial charge in [-0.3, -0.25) is 9.69 Å². The van der Waals surface area contributed by atoms with Crippen LogP contribution in [0.15, 0.2) is 0 Å². The lowest BCUT2D eigenvalue weighted by atomic mass is 9.53. The second-order valence-corrected chi connectivity index (χ2v) is 8.01. The number of nitrogens with one attached hydrogen (secondary N) is 1. The highest BCUT2D eigenvalue weighted by molar-refractivity contribution is 5.82. The molecule has 1 unspecified atom stereocenters. The largest absolute Gasteiger partial charge is 0.379 e. The van der Waals surface area contributed by atoms with Gasteiger partial charge in [0.25, 0.3) is 0 Å². The van der Waals surface area contributed by atoms with Gasteiger partial charge >= 0.3 is 0 Å². The van der Waals surface area contributed by atoms with E-state index in [1.54, 1.807) is 0 Å². The van der Waals surface area contributed by atoms with Crippen LogP contribution in [-0.4, -0.2) is 48.7 Å². The molecule has 1 amide bonds. The molecule has 118 valence electrons. The molecule has 0 aromatic rings. The van der Waals surface area contributed by atoms with Gasteiger partial charge in [0.15, 0.2) is 0 Å². The molecule has 4 bridgehead atoms. The van der Waals surface area contributed by atoms with Crippen LogP contribution in [0.1, 0.15) is 45.4 Å². The van der Waals surface area contributed by atoms with E-state index in [0.29, 0.717) is 0 Å². The van der Waals surface area contributed by atoms with Gasteiger partial charge < -0.3 is 10.1 Å². The van der Waals surface area contributed by atoms with Crippen LogP contribution in [0.5, 0.6) is 0 Å². The number of nitrogens with zero attached hydrogens (tertiary/aromatic N) is 1. The number of rotatable bonds is 3. The molecule has 0 aromatic carbocycles. The highest BCUT2D eigenvalue weighted by atomic mass is 16.5. The number of hydrogen-bond donors (Lipinski definition) is 1. The summed E-state index contributed by atoms with van der Waals surface area (Å²) in [4.78, 5) is 15.0. The van der Waals surface area contributed by atoms with Gasteiger partial charge in [-0.15, -0.1) is 0 Å². The molecule has 4 saturated carbocycles. The molecule has 4 nitrogen and oxygen atoms in total. The summed E-state index contributed by atoms with van der Waals surface area (Å²) in [6.07, 6.45) is 7.98. The van der Waals surface area contributed by atoms with E-state index in [0.717, 1.165) is 44.1 Å². The molecule has 4 heteroatoms. The third-order valence-electron chi connectivity index (χ3n) is 6.40. The number of ether oxygens (including phenoxy) is 1. The minimum absolute atomic E-state index is 0.0121. The zero-order valence-electron chi connectivity index (χ0n) is 13.1. The lowest BCUT2D eigenvalue weighted by Crippen LogP contribution is -2.62. The van der Waals surface area contributed by atoms with Crippen LogP contribution in [-0.2, 0) is 9.53 Å². The molecule has 21 heavy (non-hydrogen) atoms. The maximum atomic E-state index is 12.7. The Labute approximate surface area is 127 Å². The lowest BCUT2D eigenvalue weighted by Gasteiger charge is -2.57. The average Bonchev–Trinajstić information content (AvgIpc) is 2.45. The summed E-state index contributed by atoms with van der Waals surface area (Å²) in [6, 6.07) is -0.0121. The Kier molecular flexibility index (Phi) is 3.49. The summed E-state index contributed by atoms with van der Waals surface area (Å²) in [5, 5.41) is 3.50. The van der Waals surface area contributed by atoms with Crippen molar-refractivity contribution in [2.45, 2.75) is 57.0 Å². The van der Waals surface area contributed by atoms with E-state index in [-0.39, 0.29) is 17.5 Å². The molecule has 0 radical (unpaired) electrons. The van der Waals surface area contributed by atoms with Crippen LogP contribution in [0.3, 0.4) is 0 Å². The van der Waals surface area contributed by atoms with Gasteiger partial charge in [-0.1, -0.05) is 0 Å². The molecule has 1 N–H and O–H groups in total. The minimum Gasteiger partial charge on any atom is -0.379 e. The van der Waals surface area contributed by atoms with Crippen molar-refractivity contribution in [2.24, 2.45) is 17.8 Å². The van der Waals surface area contributed by atoms with Crippen molar-refractivity contribution in [1.29, 1.82) is 0 Å². The maximum Gasteiger partial charge on any atom is 0.237 e. The second-order valence-electron chi connectivity index (χ2n) is 8.01. The Hall–Kier alpha value is -0.610. The summed E-state index contributed by atoms with van der Waals surface area (Å²) in [5.74, 6) is 2.90. The Bertz CT molecular complexity index is 382. The monoisotopic (exact) mass is 292 g/mol. The van der Waals surface area contributed by atoms with Crippen molar-refractivity contribution in [2.75, 3.05) is 26.3 Å². The SMILES string of the molecule is CC(C(=O)NC12CC3CC(CC(C3)C1)C2)N1CCOCC1. The summed E-state index contributed by atoms with van der Waals surface area (Å²) < 4.78 is 5.39. The number of morpholine rings is 1. The molecule has 1 heterocycles. The summed E-state index contributed by atoms with van der Waals surface area (Å²) in [7, 11) is 0. The predicted molar refractivity (Wildman–Crippen MR) is 80.9 cm³/mol. The van der Waals surface area contributed by atoms with E-state index in [2.05, 4.69) is 17.1 Å². The minimum atomic E-state index is -0.0121. The first-order chi connectivity index (χ1) is 10.1. The molecule has 5 aliphatic rings. The van der Waals surface area contributed by atoms with Crippen molar-refractivity contribution in [3.8, 4) is 0 Å². The number of amides is 1. The van der Waals surface area contributed by atoms with Gasteiger partial charge in [-0.2, -0.15) is 0 Å². The first-order valence-electron chi connectivity index (χ1n) is 8.77. The number of carbonyl (C=O) groups is 1. The average molecular weight is 292 g/mol. The highest BCUT2D eigenvalue weighted by Crippen LogP contribution is 2.55. The van der Waals surface area contributed by atoms with Crippen LogP contribution in [0.4, 0.5) is 0 Å². The normalized spacial score (nSPS) is 43.8. The Morgan fingerprint density at radius 1 is 1.10 bits per heavy atom. The van der Waals surface area contributed by atoms with Crippen LogP contribution < -0.4 is 5.32 Å². The van der Waals surface area contributed by atoms with Gasteiger partial charge in [0.05, 0.1) is 19.3 Å². The third kappa shape index (κ3) is 2.61. The number of hydrogen-bond acceptors (Lipinski definition) is 3. The lowest BCUT2D eigenvalue weighted by molar-refractivity contribution is -0.133. The van der Waals surface area contributed by atoms with Crippen molar-refractivity contribution in [1.82, 2.24) is 10.2 Å². The molecular weight excluding hydrogens is 264 g/mol. The first kappa shape index (κ1) is 14.0.